The molecule has 0 saturated heterocycles. The fourth-order valence-electron chi connectivity index (χ4n) is 6.09. The van der Waals surface area contributed by atoms with Crippen LogP contribution in [0.3, 0.4) is 0 Å². The maximum absolute atomic E-state index is 12.7. The van der Waals surface area contributed by atoms with Gasteiger partial charge in [0.25, 0.3) is 10.1 Å². The normalized spacial score (nSPS) is 13.0. The molecular weight excluding hydrogens is 902 g/mol. The van der Waals surface area contributed by atoms with Crippen molar-refractivity contribution in [3.05, 3.63) is 130 Å². The molecule has 0 fully saturated rings. The molecule has 0 bridgehead atoms. The molecule has 4 aromatic rings. The van der Waals surface area contributed by atoms with Crippen LogP contribution in [0.5, 0.6) is 0 Å². The van der Waals surface area contributed by atoms with Crippen molar-refractivity contribution in [2.75, 3.05) is 16.8 Å². The Labute approximate surface area is 397 Å². The largest absolute Gasteiger partial charge is 0.744 e. The Morgan fingerprint density at radius 3 is 2.15 bits per heavy atom. The van der Waals surface area contributed by atoms with E-state index in [0.717, 1.165) is 0 Å². The summed E-state index contributed by atoms with van der Waals surface area (Å²) >= 11 is 11.7. The van der Waals surface area contributed by atoms with Gasteiger partial charge < -0.3 is 19.3 Å². The molecule has 60 heavy (non-hydrogen) atoms. The van der Waals surface area contributed by atoms with E-state index < -0.39 is 40.1 Å². The summed E-state index contributed by atoms with van der Waals surface area (Å²) in [5.41, 5.74) is 3.83. The predicted octanol–water partition coefficient (Wildman–Crippen LogP) is 3.42. The monoisotopic (exact) mass is 928 g/mol. The van der Waals surface area contributed by atoms with Crippen LogP contribution >= 0.6 is 23.2 Å². The second-order valence-corrected chi connectivity index (χ2v) is 17.4. The van der Waals surface area contributed by atoms with Gasteiger partial charge >= 0.3 is 11.1 Å². The number of aromatic nitrogens is 5. The minimum atomic E-state index is -4.77. The van der Waals surface area contributed by atoms with Gasteiger partial charge in [-0.15, -0.1) is 0 Å². The number of hydrogen-bond donors (Lipinski definition) is 4. The van der Waals surface area contributed by atoms with Crippen molar-refractivity contribution in [2.45, 2.75) is 23.3 Å². The molecule has 17 nitrogen and oxygen atoms in total. The summed E-state index contributed by atoms with van der Waals surface area (Å²) in [4.78, 5) is 17.2. The maximum Gasteiger partial charge on any atom is 0.347 e. The van der Waals surface area contributed by atoms with Crippen molar-refractivity contribution >= 4 is 146 Å². The molecule has 2 heterocycles. The van der Waals surface area contributed by atoms with Crippen molar-refractivity contribution < 1.29 is 39.3 Å². The van der Waals surface area contributed by atoms with Crippen LogP contribution in [0, 0.1) is 0 Å². The maximum atomic E-state index is 12.7. The number of anilines is 2. The quantitative estimate of drug-likeness (QED) is 0.0533. The number of nitrogens with one attached hydrogen (secondary N) is 1. The number of fused-ring (bicyclic) bond motifs is 2. The standard InChI is InChI=1S/C36H28Cl2N8O9S3.2Na/c1-2-45(20-21-4-3-5-27(16-21)57(50,51)52)25-10-15-29-32(19-25)46(24-8-11-26(12-9-24)56(47,48)49)31-17-22(6-13-28(31)41-29)39-30-14-7-23(18-33(30)58(53,54)55)40-36-43-34(37)42-35(38)44-36;;/h3-19H,2,20H2,1H3,(H4,40,41,42,43,44,47,48,49,50,51,52,53,54,55);;. The minimum Gasteiger partial charge on any atom is -0.744 e. The van der Waals surface area contributed by atoms with E-state index in [4.69, 9.17) is 28.2 Å². The number of allylic oxidation sites excluding steroid dienone is 3. The first-order valence-corrected chi connectivity index (χ1v) is 21.8. The van der Waals surface area contributed by atoms with Gasteiger partial charge in [-0.25, -0.2) is 17.6 Å². The Morgan fingerprint density at radius 2 is 1.52 bits per heavy atom. The number of rotatable bonds is 9. The van der Waals surface area contributed by atoms with E-state index >= 15 is 0 Å². The van der Waals surface area contributed by atoms with E-state index in [-0.39, 0.29) is 104 Å². The summed E-state index contributed by atoms with van der Waals surface area (Å²) in [5, 5.41) is 2.64. The fraction of sp³-hybridized carbons (Fsp3) is 0.0833. The summed E-state index contributed by atoms with van der Waals surface area (Å²) < 4.78 is 108. The molecule has 1 aliphatic heterocycles. The molecule has 1 aromatic heterocycles. The molecule has 7 rings (SSSR count). The van der Waals surface area contributed by atoms with Crippen molar-refractivity contribution in [2.24, 2.45) is 0 Å². The van der Waals surface area contributed by atoms with Gasteiger partial charge in [0, 0.05) is 101 Å². The minimum absolute atomic E-state index is 0. The van der Waals surface area contributed by atoms with Gasteiger partial charge in [-0.2, -0.15) is 23.4 Å². The molecule has 0 amide bonds. The van der Waals surface area contributed by atoms with E-state index in [9.17, 15) is 39.3 Å². The van der Waals surface area contributed by atoms with Crippen LogP contribution in [-0.2, 0) is 36.9 Å². The Morgan fingerprint density at radius 1 is 0.817 bits per heavy atom. The third-order valence-electron chi connectivity index (χ3n) is 8.67. The van der Waals surface area contributed by atoms with E-state index in [0.29, 0.717) is 45.9 Å². The van der Waals surface area contributed by atoms with Crippen LogP contribution in [-0.4, -0.2) is 140 Å². The van der Waals surface area contributed by atoms with Gasteiger partial charge in [0.05, 0.1) is 38.3 Å². The summed E-state index contributed by atoms with van der Waals surface area (Å²) in [6.07, 6.45) is 4.04. The van der Waals surface area contributed by atoms with Crippen molar-refractivity contribution in [3.63, 3.8) is 0 Å². The number of benzene rings is 4. The molecule has 0 atom stereocenters. The fourth-order valence-corrected chi connectivity index (χ4v) is 8.14. The third kappa shape index (κ3) is 10.9. The van der Waals surface area contributed by atoms with E-state index in [2.05, 4.69) is 24.9 Å². The topological polar surface area (TPSA) is 255 Å². The third-order valence-corrected chi connectivity index (χ3v) is 11.6. The van der Waals surface area contributed by atoms with Gasteiger partial charge in [0.1, 0.15) is 10.1 Å². The zero-order valence-electron chi connectivity index (χ0n) is 31.6. The first-order chi connectivity index (χ1) is 27.3. The van der Waals surface area contributed by atoms with Gasteiger partial charge in [-0.3, -0.25) is 13.7 Å². The van der Waals surface area contributed by atoms with E-state index in [1.165, 1.54) is 60.7 Å². The SMILES string of the molecule is CCN(Cc1cccc(S(=O)(=O)O)c1)c1ccc2nc3ccc(=[N+]=C4C=CC(Nc5nc(Cl)nc(Cl)n5)=CC4=S(=O)(O)O)cc-3n(-c3ccc(S(=O)(=O)[O-])cc3)c2c1.[Na].[Na]. The van der Waals surface area contributed by atoms with Gasteiger partial charge in [0.2, 0.25) is 26.6 Å². The molecule has 0 spiro atoms. The van der Waals surface area contributed by atoms with Gasteiger partial charge in [-0.1, -0.05) is 16.8 Å². The summed E-state index contributed by atoms with van der Waals surface area (Å²) in [7, 11) is -13.8. The Bertz CT molecular complexity index is 3140. The molecule has 2 aliphatic carbocycles. The second kappa shape index (κ2) is 18.9. The predicted molar refractivity (Wildman–Crippen MR) is 230 cm³/mol. The van der Waals surface area contributed by atoms with E-state index in [1.807, 2.05) is 24.0 Å². The Balaban J connectivity index is 0.00000341. The Hall–Kier alpha value is -3.51. The summed E-state index contributed by atoms with van der Waals surface area (Å²) in [6.45, 7) is 2.65. The molecule has 0 unspecified atom stereocenters. The van der Waals surface area contributed by atoms with Crippen LogP contribution < -0.4 is 20.2 Å². The van der Waals surface area contributed by atoms with Crippen LogP contribution in [0.25, 0.3) is 28.1 Å². The van der Waals surface area contributed by atoms with Crippen molar-refractivity contribution in [3.8, 4) is 17.1 Å². The molecule has 300 valence electrons. The van der Waals surface area contributed by atoms with Crippen LogP contribution in [0.1, 0.15) is 12.5 Å². The average Bonchev–Trinajstić information content (AvgIpc) is 3.15. The van der Waals surface area contributed by atoms with Crippen molar-refractivity contribution in [1.82, 2.24) is 29.2 Å². The summed E-state index contributed by atoms with van der Waals surface area (Å²) in [5.74, 6) is -0.0701. The zero-order chi connectivity index (χ0) is 41.6. The number of nitrogens with zero attached hydrogens (tertiary/aromatic N) is 7. The second-order valence-electron chi connectivity index (χ2n) is 12.5. The van der Waals surface area contributed by atoms with Gasteiger partial charge in [0.15, 0.2) is 4.86 Å². The molecular formula is C36H28Cl2N8Na2O9S3. The summed E-state index contributed by atoms with van der Waals surface area (Å²) in [6, 6.07) is 21.6. The number of halogens is 2. The van der Waals surface area contributed by atoms with Gasteiger partial charge in [-0.05, 0) is 109 Å². The van der Waals surface area contributed by atoms with E-state index in [1.54, 1.807) is 34.9 Å². The van der Waals surface area contributed by atoms with Crippen LogP contribution in [0.15, 0.2) is 119 Å². The van der Waals surface area contributed by atoms with Crippen molar-refractivity contribution in [1.29, 1.82) is 0 Å². The zero-order valence-corrected chi connectivity index (χ0v) is 39.6. The molecule has 2 radical (unpaired) electrons. The number of hydrogen-bond acceptors (Lipinski definition) is 12. The first-order valence-electron chi connectivity index (χ1n) is 16.7. The average molecular weight is 930 g/mol. The first kappa shape index (κ1) is 47.5. The molecule has 3 aromatic carbocycles. The molecule has 4 N–H and O–H groups in total. The smallest absolute Gasteiger partial charge is 0.347 e. The van der Waals surface area contributed by atoms with Crippen LogP contribution in [0.4, 0.5) is 11.6 Å². The molecule has 0 saturated carbocycles. The molecule has 3 aliphatic rings. The molecule has 24 heteroatoms. The Kier molecular flexibility index (Phi) is 14.9. The van der Waals surface area contributed by atoms with Crippen LogP contribution in [0.2, 0.25) is 10.6 Å².